The van der Waals surface area contributed by atoms with Crippen molar-refractivity contribution in [1.82, 2.24) is 4.57 Å². The lowest BCUT2D eigenvalue weighted by Crippen LogP contribution is -2.15. The zero-order valence-corrected chi connectivity index (χ0v) is 14.3. The molecule has 1 amide bonds. The lowest BCUT2D eigenvalue weighted by atomic mass is 10.0. The lowest BCUT2D eigenvalue weighted by Gasteiger charge is -2.17. The van der Waals surface area contributed by atoms with Crippen LogP contribution in [0.4, 0.5) is 5.69 Å². The van der Waals surface area contributed by atoms with E-state index in [0.717, 1.165) is 27.4 Å². The summed E-state index contributed by atoms with van der Waals surface area (Å²) in [6, 6.07) is 15.8. The molecule has 3 heterocycles. The molecule has 5 nitrogen and oxygen atoms in total. The van der Waals surface area contributed by atoms with Gasteiger partial charge in [-0.15, -0.1) is 11.3 Å². The molecule has 0 spiro atoms. The van der Waals surface area contributed by atoms with Gasteiger partial charge in [-0.2, -0.15) is 5.26 Å². The van der Waals surface area contributed by atoms with Crippen LogP contribution in [0.5, 0.6) is 0 Å². The van der Waals surface area contributed by atoms with Crippen LogP contribution in [0.1, 0.15) is 22.2 Å². The quantitative estimate of drug-likeness (QED) is 0.767. The second-order valence-electron chi connectivity index (χ2n) is 5.83. The highest BCUT2D eigenvalue weighted by Crippen LogP contribution is 2.38. The van der Waals surface area contributed by atoms with Crippen molar-refractivity contribution in [3.8, 4) is 17.3 Å². The molecule has 6 heteroatoms. The van der Waals surface area contributed by atoms with Crippen molar-refractivity contribution < 1.29 is 9.53 Å². The van der Waals surface area contributed by atoms with Gasteiger partial charge in [-0.25, -0.2) is 0 Å². The third-order valence-electron chi connectivity index (χ3n) is 4.32. The second-order valence-corrected chi connectivity index (χ2v) is 6.81. The Balaban J connectivity index is 1.85. The van der Waals surface area contributed by atoms with Crippen LogP contribution in [-0.4, -0.2) is 17.1 Å². The Bertz CT molecular complexity index is 983. The summed E-state index contributed by atoms with van der Waals surface area (Å²) in [6.07, 6.45) is -0.287. The number of carbonyl (C=O) groups excluding carboxylic acids is 1. The largest absolute Gasteiger partial charge is 0.358 e. The molecule has 0 aliphatic carbocycles. The smallest absolute Gasteiger partial charge is 0.250 e. The third-order valence-corrected chi connectivity index (χ3v) is 5.24. The van der Waals surface area contributed by atoms with E-state index in [1.807, 2.05) is 53.4 Å². The van der Waals surface area contributed by atoms with Crippen LogP contribution >= 0.6 is 11.3 Å². The zero-order chi connectivity index (χ0) is 17.4. The van der Waals surface area contributed by atoms with E-state index in [1.165, 1.54) is 0 Å². The lowest BCUT2D eigenvalue weighted by molar-refractivity contribution is -0.121. The maximum atomic E-state index is 11.9. The number of nitrogens with zero attached hydrogens (tertiary/aromatic N) is 2. The van der Waals surface area contributed by atoms with E-state index < -0.39 is 0 Å². The minimum atomic E-state index is -0.287. The molecule has 0 radical (unpaired) electrons. The Labute approximate surface area is 149 Å². The van der Waals surface area contributed by atoms with Gasteiger partial charge < -0.3 is 14.6 Å². The summed E-state index contributed by atoms with van der Waals surface area (Å²) in [5.74, 6) is -0.154. The molecule has 1 aromatic carbocycles. The fourth-order valence-electron chi connectivity index (χ4n) is 3.08. The van der Waals surface area contributed by atoms with Gasteiger partial charge in [0, 0.05) is 28.9 Å². The van der Waals surface area contributed by atoms with Gasteiger partial charge in [0.05, 0.1) is 0 Å². The van der Waals surface area contributed by atoms with Gasteiger partial charge in [0.2, 0.25) is 5.91 Å². The van der Waals surface area contributed by atoms with Gasteiger partial charge in [0.25, 0.3) is 0 Å². The number of ether oxygens (including phenoxy) is 1. The van der Waals surface area contributed by atoms with Gasteiger partial charge >= 0.3 is 0 Å². The Morgan fingerprint density at radius 2 is 2.20 bits per heavy atom. The van der Waals surface area contributed by atoms with Crippen LogP contribution in [-0.2, 0) is 16.6 Å². The summed E-state index contributed by atoms with van der Waals surface area (Å²) in [7, 11) is 1.87. The Morgan fingerprint density at radius 1 is 1.32 bits per heavy atom. The molecule has 1 unspecified atom stereocenters. The van der Waals surface area contributed by atoms with Crippen molar-refractivity contribution in [2.24, 2.45) is 7.05 Å². The number of carbonyl (C=O) groups is 1. The number of fused-ring (bicyclic) bond motifs is 1. The number of rotatable bonds is 2. The second kappa shape index (κ2) is 6.20. The minimum Gasteiger partial charge on any atom is -0.358 e. The predicted molar refractivity (Wildman–Crippen MR) is 96.3 cm³/mol. The molecule has 2 aromatic heterocycles. The van der Waals surface area contributed by atoms with Crippen LogP contribution in [0, 0.1) is 11.3 Å². The van der Waals surface area contributed by atoms with Crippen LogP contribution < -0.4 is 5.32 Å². The van der Waals surface area contributed by atoms with Crippen LogP contribution in [0.3, 0.4) is 0 Å². The van der Waals surface area contributed by atoms with E-state index in [9.17, 15) is 4.79 Å². The highest BCUT2D eigenvalue weighted by Gasteiger charge is 2.25. The summed E-state index contributed by atoms with van der Waals surface area (Å²) in [4.78, 5) is 13.0. The summed E-state index contributed by atoms with van der Waals surface area (Å²) in [6.45, 7) is 0.0231. The van der Waals surface area contributed by atoms with Crippen molar-refractivity contribution in [3.05, 3.63) is 64.0 Å². The molecule has 0 saturated heterocycles. The first-order valence-electron chi connectivity index (χ1n) is 7.82. The fourth-order valence-corrected chi connectivity index (χ4v) is 3.87. The molecule has 0 fully saturated rings. The Hall–Kier alpha value is -2.88. The molecular weight excluding hydrogens is 334 g/mol. The molecule has 3 aromatic rings. The number of aromatic nitrogens is 1. The highest BCUT2D eigenvalue weighted by atomic mass is 32.1. The Kier molecular flexibility index (Phi) is 3.88. The van der Waals surface area contributed by atoms with Crippen molar-refractivity contribution in [2.45, 2.75) is 6.10 Å². The van der Waals surface area contributed by atoms with Crippen molar-refractivity contribution >= 4 is 22.9 Å². The average Bonchev–Trinajstić information content (AvgIpc) is 3.23. The average molecular weight is 349 g/mol. The number of hydrogen-bond acceptors (Lipinski definition) is 4. The van der Waals surface area contributed by atoms with E-state index in [4.69, 9.17) is 10.00 Å². The Morgan fingerprint density at radius 3 is 2.92 bits per heavy atom. The van der Waals surface area contributed by atoms with Crippen LogP contribution in [0.2, 0.25) is 0 Å². The molecule has 0 saturated carbocycles. The molecule has 25 heavy (non-hydrogen) atoms. The van der Waals surface area contributed by atoms with E-state index in [1.54, 1.807) is 17.4 Å². The number of amides is 1. The van der Waals surface area contributed by atoms with E-state index >= 15 is 0 Å². The molecule has 1 atom stereocenters. The van der Waals surface area contributed by atoms with Crippen LogP contribution in [0.25, 0.3) is 11.3 Å². The summed E-state index contributed by atoms with van der Waals surface area (Å²) < 4.78 is 7.73. The first-order valence-corrected chi connectivity index (χ1v) is 8.70. The monoisotopic (exact) mass is 349 g/mol. The van der Waals surface area contributed by atoms with E-state index in [2.05, 4.69) is 11.4 Å². The van der Waals surface area contributed by atoms with Gasteiger partial charge in [-0.3, -0.25) is 4.79 Å². The van der Waals surface area contributed by atoms with Crippen LogP contribution in [0.15, 0.2) is 47.8 Å². The highest BCUT2D eigenvalue weighted by molar-refractivity contribution is 7.10. The molecule has 124 valence electrons. The number of anilines is 1. The molecule has 1 aliphatic rings. The topological polar surface area (TPSA) is 67.0 Å². The van der Waals surface area contributed by atoms with Crippen molar-refractivity contribution in [2.75, 3.05) is 11.9 Å². The molecule has 4 rings (SSSR count). The van der Waals surface area contributed by atoms with Gasteiger partial charge in [0.1, 0.15) is 24.5 Å². The summed E-state index contributed by atoms with van der Waals surface area (Å²) in [5, 5.41) is 14.1. The fraction of sp³-hybridized carbons (Fsp3) is 0.158. The normalized spacial score (nSPS) is 16.6. The standard InChI is InChI=1S/C19H15N3O2S/c1-22-13(10-20)5-7-16(22)12-4-6-15-14(9-12)19(17-3-2-8-25-17)24-11-18(23)21-15/h2-9,19H,11H2,1H3,(H,21,23). The number of nitrogens with one attached hydrogen (secondary N) is 1. The zero-order valence-electron chi connectivity index (χ0n) is 13.5. The van der Waals surface area contributed by atoms with Crippen molar-refractivity contribution in [3.63, 3.8) is 0 Å². The summed E-state index contributed by atoms with van der Waals surface area (Å²) in [5.41, 5.74) is 4.21. The number of hydrogen-bond donors (Lipinski definition) is 1. The first kappa shape index (κ1) is 15.6. The number of nitriles is 1. The van der Waals surface area contributed by atoms with E-state index in [0.29, 0.717) is 5.69 Å². The van der Waals surface area contributed by atoms with Crippen molar-refractivity contribution in [1.29, 1.82) is 5.26 Å². The third kappa shape index (κ3) is 2.74. The minimum absolute atomic E-state index is 0.0231. The molecular formula is C19H15N3O2S. The predicted octanol–water partition coefficient (Wildman–Crippen LogP) is 3.68. The van der Waals surface area contributed by atoms with Gasteiger partial charge in [0.15, 0.2) is 0 Å². The maximum absolute atomic E-state index is 11.9. The van der Waals surface area contributed by atoms with Gasteiger partial charge in [-0.05, 0) is 41.3 Å². The van der Waals surface area contributed by atoms with Gasteiger partial charge in [-0.1, -0.05) is 12.1 Å². The van der Waals surface area contributed by atoms with E-state index in [-0.39, 0.29) is 18.6 Å². The number of benzene rings is 1. The first-order chi connectivity index (χ1) is 12.2. The molecule has 1 aliphatic heterocycles. The SMILES string of the molecule is Cn1c(C#N)ccc1-c1ccc2c(c1)C(c1cccs1)OCC(=O)N2. The summed E-state index contributed by atoms with van der Waals surface area (Å²) >= 11 is 1.60. The molecule has 0 bridgehead atoms. The maximum Gasteiger partial charge on any atom is 0.250 e. The number of thiophene rings is 1. The molecule has 1 N–H and O–H groups in total.